The van der Waals surface area contributed by atoms with Crippen LogP contribution in [0.1, 0.15) is 24.7 Å². The number of aryl methyl sites for hydroxylation is 2. The summed E-state index contributed by atoms with van der Waals surface area (Å²) in [5.74, 6) is -1.16. The van der Waals surface area contributed by atoms with Crippen LogP contribution in [0, 0.1) is 13.8 Å². The predicted octanol–water partition coefficient (Wildman–Crippen LogP) is 0.770. The molecule has 0 bridgehead atoms. The Hall–Kier alpha value is -1.89. The highest BCUT2D eigenvalue weighted by atomic mass is 16.4. The maximum absolute atomic E-state index is 12.0. The van der Waals surface area contributed by atoms with Gasteiger partial charge < -0.3 is 10.4 Å². The molecule has 0 radical (unpaired) electrons. The van der Waals surface area contributed by atoms with Crippen molar-refractivity contribution in [3.05, 3.63) is 11.4 Å². The van der Waals surface area contributed by atoms with Gasteiger partial charge in [0, 0.05) is 7.05 Å². The smallest absolute Gasteiger partial charge is 0.320 e. The first-order valence-electron chi connectivity index (χ1n) is 6.51. The van der Waals surface area contributed by atoms with E-state index >= 15 is 0 Å². The summed E-state index contributed by atoms with van der Waals surface area (Å²) < 4.78 is 1.70. The first kappa shape index (κ1) is 16.2. The molecule has 0 spiro atoms. The molecule has 1 amide bonds. The number of carboxylic acid groups (broad SMARTS) is 1. The number of nitrogens with zero attached hydrogens (tertiary/aromatic N) is 3. The van der Waals surface area contributed by atoms with Crippen molar-refractivity contribution in [3.63, 3.8) is 0 Å². The van der Waals surface area contributed by atoms with Crippen molar-refractivity contribution in [3.8, 4) is 0 Å². The van der Waals surface area contributed by atoms with Crippen LogP contribution < -0.4 is 5.32 Å². The monoisotopic (exact) mass is 282 g/mol. The van der Waals surface area contributed by atoms with Crippen LogP contribution >= 0.6 is 0 Å². The molecule has 20 heavy (non-hydrogen) atoms. The molecule has 0 aliphatic heterocycles. The lowest BCUT2D eigenvalue weighted by molar-refractivity contribution is -0.143. The minimum Gasteiger partial charge on any atom is -0.480 e. The Morgan fingerprint density at radius 2 is 2.05 bits per heavy atom. The second-order valence-corrected chi connectivity index (χ2v) is 4.90. The van der Waals surface area contributed by atoms with Gasteiger partial charge in [0.25, 0.3) is 0 Å². The molecule has 0 fully saturated rings. The molecule has 0 aliphatic carbocycles. The van der Waals surface area contributed by atoms with Gasteiger partial charge >= 0.3 is 5.97 Å². The zero-order valence-electron chi connectivity index (χ0n) is 12.6. The zero-order valence-corrected chi connectivity index (χ0v) is 12.6. The van der Waals surface area contributed by atoms with Crippen LogP contribution in [0.2, 0.25) is 0 Å². The fourth-order valence-corrected chi connectivity index (χ4v) is 2.14. The minimum atomic E-state index is -0.920. The molecular weight excluding hydrogens is 260 g/mol. The fourth-order valence-electron chi connectivity index (χ4n) is 2.14. The van der Waals surface area contributed by atoms with Gasteiger partial charge in [-0.2, -0.15) is 5.10 Å². The largest absolute Gasteiger partial charge is 0.480 e. The van der Waals surface area contributed by atoms with Crippen LogP contribution in [0.15, 0.2) is 0 Å². The molecule has 1 aromatic heterocycles. The van der Waals surface area contributed by atoms with Gasteiger partial charge in [0.2, 0.25) is 5.91 Å². The Labute approximate surface area is 118 Å². The summed E-state index contributed by atoms with van der Waals surface area (Å²) in [4.78, 5) is 24.6. The van der Waals surface area contributed by atoms with Crippen molar-refractivity contribution in [2.75, 3.05) is 18.9 Å². The number of likely N-dealkylation sites (N-methyl/N-ethyl adjacent to an activating group) is 1. The summed E-state index contributed by atoms with van der Waals surface area (Å²) in [6.07, 6.45) is 0.448. The molecule has 0 saturated carbocycles. The van der Waals surface area contributed by atoms with Gasteiger partial charge in [-0.15, -0.1) is 0 Å². The highest BCUT2D eigenvalue weighted by Gasteiger charge is 2.23. The highest BCUT2D eigenvalue weighted by Crippen LogP contribution is 2.18. The van der Waals surface area contributed by atoms with Crippen LogP contribution in [0.3, 0.4) is 0 Å². The number of carboxylic acids is 1. The Morgan fingerprint density at radius 3 is 2.45 bits per heavy atom. The Bertz CT molecular complexity index is 510. The number of carbonyl (C=O) groups excluding carboxylic acids is 1. The zero-order chi connectivity index (χ0) is 15.4. The van der Waals surface area contributed by atoms with E-state index in [2.05, 4.69) is 10.4 Å². The van der Waals surface area contributed by atoms with Crippen LogP contribution in [0.25, 0.3) is 0 Å². The molecule has 112 valence electrons. The first-order chi connectivity index (χ1) is 9.27. The topological polar surface area (TPSA) is 87.5 Å². The summed E-state index contributed by atoms with van der Waals surface area (Å²) >= 11 is 0. The third-order valence-electron chi connectivity index (χ3n) is 3.37. The number of rotatable bonds is 6. The van der Waals surface area contributed by atoms with Crippen molar-refractivity contribution < 1.29 is 14.7 Å². The molecule has 0 aromatic carbocycles. The number of aromatic nitrogens is 2. The maximum atomic E-state index is 12.0. The van der Waals surface area contributed by atoms with Crippen molar-refractivity contribution >= 4 is 17.6 Å². The van der Waals surface area contributed by atoms with E-state index < -0.39 is 12.0 Å². The maximum Gasteiger partial charge on any atom is 0.320 e. The number of hydrogen-bond donors (Lipinski definition) is 2. The minimum absolute atomic E-state index is 0.0264. The van der Waals surface area contributed by atoms with E-state index in [1.54, 1.807) is 18.7 Å². The van der Waals surface area contributed by atoms with E-state index in [4.69, 9.17) is 5.11 Å². The van der Waals surface area contributed by atoms with Crippen LogP contribution in [-0.2, 0) is 16.6 Å². The standard InChI is InChI=1S/C13H22N4O3/c1-6-10(13(19)20)16(4)7-11(18)14-12-8(2)15-17(5)9(12)3/h10H,6-7H2,1-5H3,(H,14,18)(H,19,20). The predicted molar refractivity (Wildman–Crippen MR) is 75.7 cm³/mol. The van der Waals surface area contributed by atoms with Crippen molar-refractivity contribution in [1.82, 2.24) is 14.7 Å². The third kappa shape index (κ3) is 3.57. The van der Waals surface area contributed by atoms with Crippen LogP contribution in [0.5, 0.6) is 0 Å². The number of aliphatic carboxylic acids is 1. The molecule has 1 unspecified atom stereocenters. The van der Waals surface area contributed by atoms with Gasteiger partial charge in [-0.3, -0.25) is 19.2 Å². The molecule has 1 atom stereocenters. The van der Waals surface area contributed by atoms with Crippen molar-refractivity contribution in [1.29, 1.82) is 0 Å². The molecule has 2 N–H and O–H groups in total. The molecular formula is C13H22N4O3. The lowest BCUT2D eigenvalue weighted by Crippen LogP contribution is -2.42. The van der Waals surface area contributed by atoms with Crippen LogP contribution in [0.4, 0.5) is 5.69 Å². The van der Waals surface area contributed by atoms with Crippen LogP contribution in [-0.4, -0.2) is 51.3 Å². The number of anilines is 1. The molecule has 1 rings (SSSR count). The van der Waals surface area contributed by atoms with Gasteiger partial charge in [-0.25, -0.2) is 0 Å². The second-order valence-electron chi connectivity index (χ2n) is 4.90. The summed E-state index contributed by atoms with van der Waals surface area (Å²) in [5.41, 5.74) is 2.30. The number of amides is 1. The van der Waals surface area contributed by atoms with Crippen molar-refractivity contribution in [2.45, 2.75) is 33.2 Å². The Morgan fingerprint density at radius 1 is 1.45 bits per heavy atom. The third-order valence-corrected chi connectivity index (χ3v) is 3.37. The molecule has 0 aliphatic rings. The summed E-state index contributed by atoms with van der Waals surface area (Å²) in [6.45, 7) is 5.49. The summed E-state index contributed by atoms with van der Waals surface area (Å²) in [6, 6.07) is -0.656. The van der Waals surface area contributed by atoms with Gasteiger partial charge in [-0.1, -0.05) is 6.92 Å². The first-order valence-corrected chi connectivity index (χ1v) is 6.51. The summed E-state index contributed by atoms with van der Waals surface area (Å²) in [5, 5.41) is 16.1. The van der Waals surface area contributed by atoms with E-state index in [1.807, 2.05) is 20.9 Å². The Kier molecular flexibility index (Phi) is 5.26. The van der Waals surface area contributed by atoms with Gasteiger partial charge in [0.05, 0.1) is 23.6 Å². The Balaban J connectivity index is 2.70. The molecule has 7 nitrogen and oxygen atoms in total. The molecule has 0 saturated heterocycles. The lowest BCUT2D eigenvalue weighted by Gasteiger charge is -2.22. The van der Waals surface area contributed by atoms with E-state index in [1.165, 1.54) is 4.90 Å². The SMILES string of the molecule is CCC(C(=O)O)N(C)CC(=O)Nc1c(C)nn(C)c1C. The molecule has 1 heterocycles. The summed E-state index contributed by atoms with van der Waals surface area (Å²) in [7, 11) is 3.44. The van der Waals surface area contributed by atoms with Gasteiger partial charge in [0.1, 0.15) is 6.04 Å². The fraction of sp³-hybridized carbons (Fsp3) is 0.615. The number of carbonyl (C=O) groups is 2. The average Bonchev–Trinajstić information content (AvgIpc) is 2.56. The lowest BCUT2D eigenvalue weighted by atomic mass is 10.2. The number of nitrogens with one attached hydrogen (secondary N) is 1. The molecule has 1 aromatic rings. The van der Waals surface area contributed by atoms with Crippen molar-refractivity contribution in [2.24, 2.45) is 7.05 Å². The quantitative estimate of drug-likeness (QED) is 0.804. The van der Waals surface area contributed by atoms with Gasteiger partial charge in [0.15, 0.2) is 0 Å². The molecule has 7 heteroatoms. The van der Waals surface area contributed by atoms with Gasteiger partial charge in [-0.05, 0) is 27.3 Å². The van der Waals surface area contributed by atoms with E-state index in [0.29, 0.717) is 12.1 Å². The average molecular weight is 282 g/mol. The highest BCUT2D eigenvalue weighted by molar-refractivity contribution is 5.93. The second kappa shape index (κ2) is 6.51. The van der Waals surface area contributed by atoms with E-state index in [0.717, 1.165) is 11.4 Å². The van der Waals surface area contributed by atoms with E-state index in [-0.39, 0.29) is 12.5 Å². The number of hydrogen-bond acceptors (Lipinski definition) is 4. The normalized spacial score (nSPS) is 12.5. The van der Waals surface area contributed by atoms with E-state index in [9.17, 15) is 9.59 Å².